The van der Waals surface area contributed by atoms with Crippen molar-refractivity contribution in [1.29, 1.82) is 0 Å². The molecule has 4 nitrogen and oxygen atoms in total. The first-order chi connectivity index (χ1) is 13.1. The predicted octanol–water partition coefficient (Wildman–Crippen LogP) is 4.51. The minimum atomic E-state index is -0.890. The van der Waals surface area contributed by atoms with Crippen molar-refractivity contribution in [2.45, 2.75) is 20.0 Å². The summed E-state index contributed by atoms with van der Waals surface area (Å²) < 4.78 is 5.62. The van der Waals surface area contributed by atoms with Crippen molar-refractivity contribution in [3.05, 3.63) is 83.9 Å². The van der Waals surface area contributed by atoms with Crippen LogP contribution in [0.3, 0.4) is 0 Å². The highest BCUT2D eigenvalue weighted by molar-refractivity contribution is 5.77. The molecule has 0 heterocycles. The van der Waals surface area contributed by atoms with Gasteiger partial charge in [0, 0.05) is 23.1 Å². The van der Waals surface area contributed by atoms with E-state index in [1.807, 2.05) is 24.3 Å². The SMILES string of the molecule is Cc1ccc(N(c2ccc(C)cc2)c2cccc(OCC(O)CO)c2)cc1. The maximum atomic E-state index is 9.52. The maximum Gasteiger partial charge on any atom is 0.121 e. The molecular weight excluding hydrogens is 338 g/mol. The van der Waals surface area contributed by atoms with Gasteiger partial charge in [-0.3, -0.25) is 0 Å². The van der Waals surface area contributed by atoms with Gasteiger partial charge in [0.05, 0.1) is 6.61 Å². The van der Waals surface area contributed by atoms with Crippen molar-refractivity contribution in [2.24, 2.45) is 0 Å². The van der Waals surface area contributed by atoms with Gasteiger partial charge in [-0.1, -0.05) is 41.5 Å². The first kappa shape index (κ1) is 19.0. The minimum absolute atomic E-state index is 0.0506. The van der Waals surface area contributed by atoms with E-state index in [2.05, 4.69) is 67.3 Å². The Balaban J connectivity index is 1.97. The summed E-state index contributed by atoms with van der Waals surface area (Å²) >= 11 is 0. The summed E-state index contributed by atoms with van der Waals surface area (Å²) in [4.78, 5) is 2.16. The lowest BCUT2D eigenvalue weighted by Gasteiger charge is -2.26. The van der Waals surface area contributed by atoms with E-state index in [0.29, 0.717) is 5.75 Å². The van der Waals surface area contributed by atoms with Crippen LogP contribution in [-0.4, -0.2) is 29.5 Å². The van der Waals surface area contributed by atoms with Crippen LogP contribution in [0.5, 0.6) is 5.75 Å². The fraction of sp³-hybridized carbons (Fsp3) is 0.217. The Morgan fingerprint density at radius 3 is 1.89 bits per heavy atom. The van der Waals surface area contributed by atoms with Crippen molar-refractivity contribution in [1.82, 2.24) is 0 Å². The van der Waals surface area contributed by atoms with Crippen molar-refractivity contribution >= 4 is 17.1 Å². The number of aliphatic hydroxyl groups is 2. The zero-order chi connectivity index (χ0) is 19.2. The average molecular weight is 363 g/mol. The van der Waals surface area contributed by atoms with E-state index in [1.165, 1.54) is 11.1 Å². The lowest BCUT2D eigenvalue weighted by atomic mass is 10.1. The molecule has 0 saturated carbocycles. The first-order valence-corrected chi connectivity index (χ1v) is 9.02. The molecule has 0 aliphatic rings. The molecule has 1 unspecified atom stereocenters. The maximum absolute atomic E-state index is 9.52. The molecule has 0 spiro atoms. The third kappa shape index (κ3) is 4.88. The lowest BCUT2D eigenvalue weighted by molar-refractivity contribution is 0.0536. The number of aryl methyl sites for hydroxylation is 2. The molecule has 0 amide bonds. The Hall–Kier alpha value is -2.82. The second-order valence-electron chi connectivity index (χ2n) is 6.65. The number of aliphatic hydroxyl groups excluding tert-OH is 2. The van der Waals surface area contributed by atoms with Crippen LogP contribution in [-0.2, 0) is 0 Å². The van der Waals surface area contributed by atoms with Crippen LogP contribution in [0.4, 0.5) is 17.1 Å². The summed E-state index contributed by atoms with van der Waals surface area (Å²) in [6, 6.07) is 24.5. The molecule has 1 atom stereocenters. The Morgan fingerprint density at radius 2 is 1.37 bits per heavy atom. The molecule has 27 heavy (non-hydrogen) atoms. The highest BCUT2D eigenvalue weighted by Gasteiger charge is 2.13. The molecule has 0 aliphatic heterocycles. The van der Waals surface area contributed by atoms with Crippen molar-refractivity contribution in [3.63, 3.8) is 0 Å². The molecular formula is C23H25NO3. The number of anilines is 3. The fourth-order valence-electron chi connectivity index (χ4n) is 2.79. The molecule has 0 saturated heterocycles. The summed E-state index contributed by atoms with van der Waals surface area (Å²) in [5.74, 6) is 0.643. The van der Waals surface area contributed by atoms with Gasteiger partial charge in [-0.15, -0.1) is 0 Å². The smallest absolute Gasteiger partial charge is 0.121 e. The largest absolute Gasteiger partial charge is 0.491 e. The zero-order valence-corrected chi connectivity index (χ0v) is 15.7. The second kappa shape index (κ2) is 8.71. The zero-order valence-electron chi connectivity index (χ0n) is 15.7. The third-order valence-electron chi connectivity index (χ3n) is 4.31. The van der Waals surface area contributed by atoms with Gasteiger partial charge in [0.15, 0.2) is 0 Å². The monoisotopic (exact) mass is 363 g/mol. The molecule has 2 N–H and O–H groups in total. The molecule has 3 aromatic carbocycles. The van der Waals surface area contributed by atoms with Crippen LogP contribution in [0.15, 0.2) is 72.8 Å². The lowest BCUT2D eigenvalue weighted by Crippen LogP contribution is -2.21. The summed E-state index contributed by atoms with van der Waals surface area (Å²) in [6.07, 6.45) is -0.890. The van der Waals surface area contributed by atoms with Crippen LogP contribution >= 0.6 is 0 Å². The van der Waals surface area contributed by atoms with Crippen LogP contribution < -0.4 is 9.64 Å². The fourth-order valence-corrected chi connectivity index (χ4v) is 2.79. The van der Waals surface area contributed by atoms with Gasteiger partial charge in [0.1, 0.15) is 18.5 Å². The van der Waals surface area contributed by atoms with Crippen LogP contribution in [0.25, 0.3) is 0 Å². The van der Waals surface area contributed by atoms with E-state index in [9.17, 15) is 5.11 Å². The number of ether oxygens (including phenoxy) is 1. The van der Waals surface area contributed by atoms with E-state index >= 15 is 0 Å². The predicted molar refractivity (Wildman–Crippen MR) is 109 cm³/mol. The van der Waals surface area contributed by atoms with Crippen LogP contribution in [0.1, 0.15) is 11.1 Å². The van der Waals surface area contributed by atoms with Gasteiger partial charge in [0.25, 0.3) is 0 Å². The molecule has 4 heteroatoms. The summed E-state index contributed by atoms with van der Waals surface area (Å²) in [6.45, 7) is 3.87. The average Bonchev–Trinajstić information content (AvgIpc) is 2.69. The third-order valence-corrected chi connectivity index (χ3v) is 4.31. The quantitative estimate of drug-likeness (QED) is 0.649. The van der Waals surface area contributed by atoms with Gasteiger partial charge < -0.3 is 19.8 Å². The van der Waals surface area contributed by atoms with Crippen molar-refractivity contribution < 1.29 is 14.9 Å². The number of rotatable bonds is 7. The summed E-state index contributed by atoms with van der Waals surface area (Å²) in [7, 11) is 0. The van der Waals surface area contributed by atoms with E-state index in [1.54, 1.807) is 0 Å². The first-order valence-electron chi connectivity index (χ1n) is 9.02. The number of hydrogen-bond donors (Lipinski definition) is 2. The van der Waals surface area contributed by atoms with Crippen molar-refractivity contribution in [2.75, 3.05) is 18.1 Å². The Bertz CT molecular complexity index is 814. The number of hydrogen-bond acceptors (Lipinski definition) is 4. The molecule has 3 rings (SSSR count). The van der Waals surface area contributed by atoms with E-state index in [-0.39, 0.29) is 13.2 Å². The highest BCUT2D eigenvalue weighted by atomic mass is 16.5. The van der Waals surface area contributed by atoms with Gasteiger partial charge in [-0.05, 0) is 50.2 Å². The minimum Gasteiger partial charge on any atom is -0.491 e. The van der Waals surface area contributed by atoms with Crippen LogP contribution in [0.2, 0.25) is 0 Å². The molecule has 0 aromatic heterocycles. The molecule has 0 aliphatic carbocycles. The van der Waals surface area contributed by atoms with Gasteiger partial charge in [-0.25, -0.2) is 0 Å². The topological polar surface area (TPSA) is 52.9 Å². The molecule has 140 valence electrons. The number of nitrogens with zero attached hydrogens (tertiary/aromatic N) is 1. The van der Waals surface area contributed by atoms with E-state index in [4.69, 9.17) is 9.84 Å². The van der Waals surface area contributed by atoms with Gasteiger partial charge in [0.2, 0.25) is 0 Å². The standard InChI is InChI=1S/C23H25NO3/c1-17-6-10-19(11-7-17)24(20-12-8-18(2)9-13-20)21-4-3-5-23(14-21)27-16-22(26)15-25/h3-14,22,25-26H,15-16H2,1-2H3. The molecule has 0 fully saturated rings. The summed E-state index contributed by atoms with van der Waals surface area (Å²) in [5.41, 5.74) is 5.48. The van der Waals surface area contributed by atoms with Crippen LogP contribution in [0, 0.1) is 13.8 Å². The van der Waals surface area contributed by atoms with Gasteiger partial charge >= 0.3 is 0 Å². The Morgan fingerprint density at radius 1 is 0.815 bits per heavy atom. The summed E-state index contributed by atoms with van der Waals surface area (Å²) in [5, 5.41) is 18.5. The highest BCUT2D eigenvalue weighted by Crippen LogP contribution is 2.36. The Kier molecular flexibility index (Phi) is 6.12. The number of benzene rings is 3. The van der Waals surface area contributed by atoms with E-state index < -0.39 is 6.10 Å². The molecule has 0 radical (unpaired) electrons. The van der Waals surface area contributed by atoms with Crippen molar-refractivity contribution in [3.8, 4) is 5.75 Å². The molecule has 0 bridgehead atoms. The molecule has 3 aromatic rings. The van der Waals surface area contributed by atoms with Gasteiger partial charge in [-0.2, -0.15) is 0 Å². The second-order valence-corrected chi connectivity index (χ2v) is 6.65. The normalized spacial score (nSPS) is 11.9. The van der Waals surface area contributed by atoms with E-state index in [0.717, 1.165) is 17.1 Å². The Labute approximate surface area is 160 Å².